The number of benzene rings is 1. The third-order valence-electron chi connectivity index (χ3n) is 6.95. The van der Waals surface area contributed by atoms with Crippen LogP contribution in [0.15, 0.2) is 36.5 Å². The van der Waals surface area contributed by atoms with Gasteiger partial charge in [0.2, 0.25) is 11.8 Å². The zero-order chi connectivity index (χ0) is 24.8. The molecular weight excluding hydrogens is 440 g/mol. The highest BCUT2D eigenvalue weighted by molar-refractivity contribution is 5.99. The van der Waals surface area contributed by atoms with E-state index in [2.05, 4.69) is 5.32 Å². The number of hydrogen-bond donors (Lipinski definition) is 2. The number of hydrogen-bond acceptors (Lipinski definition) is 5. The molecule has 2 N–H and O–H groups in total. The van der Waals surface area contributed by atoms with E-state index in [-0.39, 0.29) is 18.9 Å². The molecular formula is C24H30N4O6. The predicted molar refractivity (Wildman–Crippen MR) is 123 cm³/mol. The van der Waals surface area contributed by atoms with Gasteiger partial charge in [-0.15, -0.1) is 0 Å². The van der Waals surface area contributed by atoms with Gasteiger partial charge in [0.1, 0.15) is 24.4 Å². The standard InChI is InChI=1S/C24H30N4O6/c1-14(26(4)23(32)33)20(29)25-16-10-12-34-18-13-24(2,3)19(28(18)21(16)30)22(31)27-11-9-15-7-5-6-8-17(15)27/h5-9,11,14,16,18-19H,10,12-13H2,1-4H3,(H,25,29)(H,32,33)/t14-,16-,18-,19+/m0/s1. The van der Waals surface area contributed by atoms with Crippen LogP contribution in [0.3, 0.4) is 0 Å². The summed E-state index contributed by atoms with van der Waals surface area (Å²) in [5.74, 6) is -1.22. The second-order valence-electron chi connectivity index (χ2n) is 9.67. The maximum Gasteiger partial charge on any atom is 0.407 e. The van der Waals surface area contributed by atoms with Crippen LogP contribution in [0.1, 0.15) is 38.4 Å². The number of carboxylic acid groups (broad SMARTS) is 1. The number of para-hydroxylation sites is 1. The van der Waals surface area contributed by atoms with Gasteiger partial charge in [0.15, 0.2) is 0 Å². The van der Waals surface area contributed by atoms with Crippen LogP contribution in [-0.4, -0.2) is 81.3 Å². The smallest absolute Gasteiger partial charge is 0.407 e. The number of likely N-dealkylation sites (N-methyl/N-ethyl adjacent to an activating group) is 1. The molecule has 182 valence electrons. The van der Waals surface area contributed by atoms with E-state index in [4.69, 9.17) is 9.84 Å². The first-order valence-corrected chi connectivity index (χ1v) is 11.3. The Balaban J connectivity index is 1.63. The largest absolute Gasteiger partial charge is 0.465 e. The maximum absolute atomic E-state index is 13.8. The van der Waals surface area contributed by atoms with E-state index in [1.165, 1.54) is 18.9 Å². The molecule has 2 aliphatic heterocycles. The average molecular weight is 471 g/mol. The fourth-order valence-corrected chi connectivity index (χ4v) is 4.86. The minimum absolute atomic E-state index is 0.227. The van der Waals surface area contributed by atoms with Gasteiger partial charge in [-0.25, -0.2) is 4.79 Å². The van der Waals surface area contributed by atoms with Crippen LogP contribution < -0.4 is 5.32 Å². The Morgan fingerprint density at radius 2 is 1.94 bits per heavy atom. The Kier molecular flexibility index (Phi) is 6.11. The lowest BCUT2D eigenvalue weighted by Gasteiger charge is -2.34. The number of nitrogens with one attached hydrogen (secondary N) is 1. The number of carbonyl (C=O) groups excluding carboxylic acids is 3. The number of fused-ring (bicyclic) bond motifs is 2. The molecule has 1 aromatic carbocycles. The van der Waals surface area contributed by atoms with Gasteiger partial charge in [0.25, 0.3) is 5.91 Å². The monoisotopic (exact) mass is 470 g/mol. The van der Waals surface area contributed by atoms with Gasteiger partial charge in [-0.1, -0.05) is 32.0 Å². The molecule has 1 aromatic heterocycles. The molecule has 0 bridgehead atoms. The molecule has 0 unspecified atom stereocenters. The van der Waals surface area contributed by atoms with Crippen molar-refractivity contribution in [3.63, 3.8) is 0 Å². The van der Waals surface area contributed by atoms with E-state index in [0.29, 0.717) is 6.42 Å². The van der Waals surface area contributed by atoms with Crippen LogP contribution in [0.2, 0.25) is 0 Å². The van der Waals surface area contributed by atoms with Crippen molar-refractivity contribution in [3.05, 3.63) is 36.5 Å². The number of rotatable bonds is 4. The number of amides is 3. The van der Waals surface area contributed by atoms with Crippen molar-refractivity contribution >= 4 is 34.7 Å². The molecule has 0 aliphatic carbocycles. The van der Waals surface area contributed by atoms with Crippen molar-refractivity contribution in [2.24, 2.45) is 5.41 Å². The van der Waals surface area contributed by atoms with Crippen LogP contribution in [0.5, 0.6) is 0 Å². The van der Waals surface area contributed by atoms with Gasteiger partial charge < -0.3 is 20.1 Å². The zero-order valence-corrected chi connectivity index (χ0v) is 19.7. The first kappa shape index (κ1) is 23.7. The fraction of sp³-hybridized carbons (Fsp3) is 0.500. The number of nitrogens with zero attached hydrogens (tertiary/aromatic N) is 3. The summed E-state index contributed by atoms with van der Waals surface area (Å²) in [6, 6.07) is 6.69. The zero-order valence-electron chi connectivity index (χ0n) is 19.7. The summed E-state index contributed by atoms with van der Waals surface area (Å²) in [5.41, 5.74) is 0.191. The lowest BCUT2D eigenvalue weighted by molar-refractivity contribution is -0.143. The second-order valence-corrected chi connectivity index (χ2v) is 9.67. The number of ether oxygens (including phenoxy) is 1. The van der Waals surface area contributed by atoms with Crippen LogP contribution in [0, 0.1) is 5.41 Å². The molecule has 0 spiro atoms. The number of carbonyl (C=O) groups is 4. The minimum Gasteiger partial charge on any atom is -0.465 e. The Morgan fingerprint density at radius 3 is 2.65 bits per heavy atom. The summed E-state index contributed by atoms with van der Waals surface area (Å²) in [5, 5.41) is 12.8. The first-order chi connectivity index (χ1) is 16.0. The molecule has 10 heteroatoms. The Morgan fingerprint density at radius 1 is 1.24 bits per heavy atom. The van der Waals surface area contributed by atoms with Crippen LogP contribution >= 0.6 is 0 Å². The molecule has 2 fully saturated rings. The highest BCUT2D eigenvalue weighted by Gasteiger charge is 2.55. The molecule has 4 rings (SSSR count). The first-order valence-electron chi connectivity index (χ1n) is 11.3. The Labute approximate surface area is 197 Å². The van der Waals surface area contributed by atoms with Crippen molar-refractivity contribution < 1.29 is 29.0 Å². The van der Waals surface area contributed by atoms with Crippen molar-refractivity contribution in [1.29, 1.82) is 0 Å². The molecule has 3 heterocycles. The van der Waals surface area contributed by atoms with Crippen molar-refractivity contribution in [3.8, 4) is 0 Å². The van der Waals surface area contributed by atoms with Crippen molar-refractivity contribution in [2.75, 3.05) is 13.7 Å². The van der Waals surface area contributed by atoms with Crippen LogP contribution in [0.4, 0.5) is 4.79 Å². The van der Waals surface area contributed by atoms with Gasteiger partial charge in [0.05, 0.1) is 12.1 Å². The summed E-state index contributed by atoms with van der Waals surface area (Å²) in [7, 11) is 1.29. The van der Waals surface area contributed by atoms with E-state index < -0.39 is 47.7 Å². The molecule has 3 amide bonds. The van der Waals surface area contributed by atoms with Gasteiger partial charge in [-0.2, -0.15) is 0 Å². The summed E-state index contributed by atoms with van der Waals surface area (Å²) < 4.78 is 7.53. The minimum atomic E-state index is -1.25. The van der Waals surface area contributed by atoms with E-state index in [0.717, 1.165) is 15.8 Å². The van der Waals surface area contributed by atoms with Crippen LogP contribution in [0.25, 0.3) is 10.9 Å². The lowest BCUT2D eigenvalue weighted by atomic mass is 9.83. The van der Waals surface area contributed by atoms with Gasteiger partial charge in [0, 0.05) is 25.1 Å². The molecule has 2 saturated heterocycles. The molecule has 34 heavy (non-hydrogen) atoms. The fourth-order valence-electron chi connectivity index (χ4n) is 4.86. The van der Waals surface area contributed by atoms with Gasteiger partial charge >= 0.3 is 6.09 Å². The third-order valence-corrected chi connectivity index (χ3v) is 6.95. The summed E-state index contributed by atoms with van der Waals surface area (Å²) in [6.45, 7) is 5.55. The molecule has 4 atom stereocenters. The van der Waals surface area contributed by atoms with E-state index in [1.807, 2.05) is 44.2 Å². The normalized spacial score (nSPS) is 24.9. The van der Waals surface area contributed by atoms with Crippen molar-refractivity contribution in [1.82, 2.24) is 19.7 Å². The summed E-state index contributed by atoms with van der Waals surface area (Å²) in [6.07, 6.45) is 0.591. The highest BCUT2D eigenvalue weighted by Crippen LogP contribution is 2.43. The average Bonchev–Trinajstić information content (AvgIpc) is 3.30. The van der Waals surface area contributed by atoms with E-state index >= 15 is 0 Å². The van der Waals surface area contributed by atoms with E-state index in [1.54, 1.807) is 10.8 Å². The molecule has 2 aromatic rings. The molecule has 0 saturated carbocycles. The summed E-state index contributed by atoms with van der Waals surface area (Å²) in [4.78, 5) is 53.7. The van der Waals surface area contributed by atoms with Crippen LogP contribution in [-0.2, 0) is 14.3 Å². The van der Waals surface area contributed by atoms with Gasteiger partial charge in [-0.05, 0) is 30.9 Å². The van der Waals surface area contributed by atoms with E-state index in [9.17, 15) is 19.2 Å². The quantitative estimate of drug-likeness (QED) is 0.706. The topological polar surface area (TPSA) is 121 Å². The Bertz CT molecular complexity index is 1140. The maximum atomic E-state index is 13.8. The van der Waals surface area contributed by atoms with Crippen molar-refractivity contribution in [2.45, 2.75) is 58.0 Å². The molecule has 2 aliphatic rings. The second kappa shape index (κ2) is 8.75. The number of aromatic nitrogens is 1. The Hall–Kier alpha value is -3.40. The molecule has 10 nitrogen and oxygen atoms in total. The highest BCUT2D eigenvalue weighted by atomic mass is 16.5. The van der Waals surface area contributed by atoms with Gasteiger partial charge in [-0.3, -0.25) is 23.9 Å². The summed E-state index contributed by atoms with van der Waals surface area (Å²) >= 11 is 0. The third kappa shape index (κ3) is 4.02. The lowest BCUT2D eigenvalue weighted by Crippen LogP contribution is -2.57. The predicted octanol–water partition coefficient (Wildman–Crippen LogP) is 2.14. The molecule has 0 radical (unpaired) electrons. The SMILES string of the molecule is C[C@@H](C(=O)N[C@H]1CCO[C@H]2CC(C)(C)[C@@H](C(=O)n3ccc4ccccc43)N2C1=O)N(C)C(=O)O.